The number of carbonyl (C=O) groups is 1. The molecule has 0 aliphatic rings. The van der Waals surface area contributed by atoms with Crippen LogP contribution in [0.3, 0.4) is 0 Å². The second kappa shape index (κ2) is 7.78. The van der Waals surface area contributed by atoms with Gasteiger partial charge >= 0.3 is 0 Å². The maximum Gasteiger partial charge on any atom is 0.221 e. The van der Waals surface area contributed by atoms with Crippen molar-refractivity contribution in [3.8, 4) is 5.75 Å². The molecule has 15 heavy (non-hydrogen) atoms. The molecule has 5 nitrogen and oxygen atoms in total. The van der Waals surface area contributed by atoms with Crippen LogP contribution in [-0.4, -0.2) is 18.0 Å². The Morgan fingerprint density at radius 1 is 1.33 bits per heavy atom. The van der Waals surface area contributed by atoms with Crippen molar-refractivity contribution in [2.45, 2.75) is 13.8 Å². The summed E-state index contributed by atoms with van der Waals surface area (Å²) in [6.45, 7) is 4.07. The largest absolute Gasteiger partial charge is 0.870 e. The van der Waals surface area contributed by atoms with Crippen LogP contribution in [0.1, 0.15) is 13.8 Å². The third kappa shape index (κ3) is 5.66. The maximum absolute atomic E-state index is 10.7. The van der Waals surface area contributed by atoms with Crippen molar-refractivity contribution >= 4 is 11.6 Å². The molecular weight excluding hydrogens is 196 g/mol. The topological polar surface area (TPSA) is 105 Å². The monoisotopic (exact) mass is 214 g/mol. The van der Waals surface area contributed by atoms with E-state index in [0.717, 1.165) is 11.4 Å². The van der Waals surface area contributed by atoms with E-state index in [1.165, 1.54) is 6.92 Å². The first-order valence-corrected chi connectivity index (χ1v) is 4.23. The summed E-state index contributed by atoms with van der Waals surface area (Å²) in [4.78, 5) is 10.7. The summed E-state index contributed by atoms with van der Waals surface area (Å²) in [7, 11) is 0. The normalized spacial score (nSPS) is 8.13. The Morgan fingerprint density at radius 3 is 2.27 bits per heavy atom. The Hall–Kier alpha value is -1.59. The lowest BCUT2D eigenvalue weighted by Gasteiger charge is -2.04. The van der Waals surface area contributed by atoms with E-state index in [1.807, 2.05) is 31.2 Å². The van der Waals surface area contributed by atoms with Gasteiger partial charge in [0.15, 0.2) is 0 Å². The summed E-state index contributed by atoms with van der Waals surface area (Å²) in [5.74, 6) is 0.751. The van der Waals surface area contributed by atoms with Crippen LogP contribution in [0, 0.1) is 0 Å². The van der Waals surface area contributed by atoms with Gasteiger partial charge in [-0.2, -0.15) is 0 Å². The first kappa shape index (κ1) is 15.9. The van der Waals surface area contributed by atoms with E-state index in [-0.39, 0.29) is 17.5 Å². The van der Waals surface area contributed by atoms with E-state index in [0.29, 0.717) is 6.61 Å². The van der Waals surface area contributed by atoms with Crippen molar-refractivity contribution in [3.63, 3.8) is 0 Å². The Balaban J connectivity index is 0. The average Bonchev–Trinajstić information content (AvgIpc) is 2.08. The maximum atomic E-state index is 10.7. The first-order valence-electron chi connectivity index (χ1n) is 4.23. The minimum atomic E-state index is -0.0656. The van der Waals surface area contributed by atoms with Gasteiger partial charge in [-0.1, -0.05) is 0 Å². The fraction of sp³-hybridized carbons (Fsp3) is 0.300. The van der Waals surface area contributed by atoms with Gasteiger partial charge in [-0.3, -0.25) is 4.79 Å². The van der Waals surface area contributed by atoms with Crippen molar-refractivity contribution in [1.29, 1.82) is 0 Å². The van der Waals surface area contributed by atoms with Crippen LogP contribution >= 0.6 is 0 Å². The molecule has 1 aromatic rings. The van der Waals surface area contributed by atoms with Gasteiger partial charge in [0.25, 0.3) is 0 Å². The Labute approximate surface area is 89.3 Å². The van der Waals surface area contributed by atoms with Gasteiger partial charge in [0.05, 0.1) is 6.61 Å². The van der Waals surface area contributed by atoms with Crippen LogP contribution in [0.25, 0.3) is 0 Å². The number of carbonyl (C=O) groups excluding carboxylic acids is 1. The molecule has 6 N–H and O–H groups in total. The van der Waals surface area contributed by atoms with E-state index in [2.05, 4.69) is 5.32 Å². The molecule has 1 amide bonds. The fourth-order valence-electron chi connectivity index (χ4n) is 1.00. The standard InChI is InChI=1S/C10H13NO2.H3N.H2O/c1-3-13-10-6-4-9(5-7-10)11-8(2)12;;/h4-7H,3H2,1-2H3,(H,11,12);1H3;1H2. The third-order valence-electron chi connectivity index (χ3n) is 1.49. The van der Waals surface area contributed by atoms with E-state index < -0.39 is 0 Å². The number of hydrogen-bond donors (Lipinski definition) is 2. The fourth-order valence-corrected chi connectivity index (χ4v) is 1.00. The molecule has 1 aromatic carbocycles. The van der Waals surface area contributed by atoms with Gasteiger partial charge in [-0.25, -0.2) is 0 Å². The van der Waals surface area contributed by atoms with Gasteiger partial charge in [0.2, 0.25) is 5.91 Å². The molecule has 0 aliphatic heterocycles. The Bertz CT molecular complexity index is 285. The quantitative estimate of drug-likeness (QED) is 0.805. The van der Waals surface area contributed by atoms with E-state index in [4.69, 9.17) is 4.74 Å². The molecule has 86 valence electrons. The SMILES string of the molecule is CCOc1ccc(NC(C)=O)cc1.[NH4+].[OH-]. The number of hydrogen-bond acceptors (Lipinski definition) is 3. The van der Waals surface area contributed by atoms with Crippen molar-refractivity contribution < 1.29 is 15.0 Å². The van der Waals surface area contributed by atoms with Gasteiger partial charge in [-0.15, -0.1) is 0 Å². The van der Waals surface area contributed by atoms with Crippen LogP contribution in [0.4, 0.5) is 5.69 Å². The highest BCUT2D eigenvalue weighted by molar-refractivity contribution is 5.88. The summed E-state index contributed by atoms with van der Waals surface area (Å²) in [6.07, 6.45) is 0. The minimum absolute atomic E-state index is 0. The van der Waals surface area contributed by atoms with E-state index >= 15 is 0 Å². The molecule has 0 unspecified atom stereocenters. The van der Waals surface area contributed by atoms with Gasteiger partial charge < -0.3 is 21.7 Å². The molecule has 0 atom stereocenters. The average molecular weight is 214 g/mol. The molecule has 0 saturated heterocycles. The summed E-state index contributed by atoms with van der Waals surface area (Å²) in [5, 5.41) is 2.68. The van der Waals surface area contributed by atoms with Crippen molar-refractivity contribution in [2.75, 3.05) is 11.9 Å². The highest BCUT2D eigenvalue weighted by atomic mass is 16.5. The number of nitrogens with one attached hydrogen (secondary N) is 1. The number of amides is 1. The summed E-state index contributed by atoms with van der Waals surface area (Å²) in [5.41, 5.74) is 0.788. The van der Waals surface area contributed by atoms with Crippen LogP contribution < -0.4 is 16.2 Å². The molecule has 0 aromatic heterocycles. The lowest BCUT2D eigenvalue weighted by Crippen LogP contribution is -2.05. The number of quaternary nitrogens is 1. The molecule has 0 heterocycles. The Morgan fingerprint density at radius 2 is 1.87 bits per heavy atom. The highest BCUT2D eigenvalue weighted by Gasteiger charge is 1.95. The van der Waals surface area contributed by atoms with Gasteiger partial charge in [0, 0.05) is 12.6 Å². The smallest absolute Gasteiger partial charge is 0.221 e. The summed E-state index contributed by atoms with van der Waals surface area (Å²) >= 11 is 0. The lowest BCUT2D eigenvalue weighted by molar-refractivity contribution is -0.114. The van der Waals surface area contributed by atoms with Gasteiger partial charge in [-0.05, 0) is 31.2 Å². The zero-order valence-electron chi connectivity index (χ0n) is 9.28. The predicted molar refractivity (Wildman–Crippen MR) is 59.8 cm³/mol. The molecular formula is C10H18N2O3. The molecule has 0 bridgehead atoms. The minimum Gasteiger partial charge on any atom is -0.870 e. The zero-order valence-corrected chi connectivity index (χ0v) is 9.28. The lowest BCUT2D eigenvalue weighted by atomic mass is 10.3. The second-order valence-corrected chi connectivity index (χ2v) is 2.64. The number of benzene rings is 1. The van der Waals surface area contributed by atoms with Crippen LogP contribution in [0.5, 0.6) is 5.75 Å². The molecule has 1 rings (SSSR count). The van der Waals surface area contributed by atoms with Crippen LogP contribution in [-0.2, 0) is 4.79 Å². The third-order valence-corrected chi connectivity index (χ3v) is 1.49. The molecule has 0 aliphatic carbocycles. The first-order chi connectivity index (χ1) is 6.22. The molecule has 0 saturated carbocycles. The predicted octanol–water partition coefficient (Wildman–Crippen LogP) is 2.24. The Kier molecular flexibility index (Phi) is 8.23. The second-order valence-electron chi connectivity index (χ2n) is 2.64. The zero-order chi connectivity index (χ0) is 9.68. The van der Waals surface area contributed by atoms with Crippen LogP contribution in [0.2, 0.25) is 0 Å². The number of rotatable bonds is 3. The summed E-state index contributed by atoms with van der Waals surface area (Å²) < 4.78 is 5.25. The van der Waals surface area contributed by atoms with Crippen LogP contribution in [0.15, 0.2) is 24.3 Å². The van der Waals surface area contributed by atoms with E-state index in [9.17, 15) is 4.79 Å². The molecule has 0 spiro atoms. The summed E-state index contributed by atoms with van der Waals surface area (Å²) in [6, 6.07) is 7.28. The molecule has 0 radical (unpaired) electrons. The number of ether oxygens (including phenoxy) is 1. The van der Waals surface area contributed by atoms with Gasteiger partial charge in [0.1, 0.15) is 5.75 Å². The highest BCUT2D eigenvalue weighted by Crippen LogP contribution is 2.15. The van der Waals surface area contributed by atoms with Crippen molar-refractivity contribution in [1.82, 2.24) is 6.15 Å². The number of anilines is 1. The molecule has 5 heteroatoms. The molecule has 0 fully saturated rings. The van der Waals surface area contributed by atoms with E-state index in [1.54, 1.807) is 0 Å². The van der Waals surface area contributed by atoms with Crippen molar-refractivity contribution in [3.05, 3.63) is 24.3 Å². The van der Waals surface area contributed by atoms with Crippen molar-refractivity contribution in [2.24, 2.45) is 0 Å².